The average Bonchev–Trinajstić information content (AvgIpc) is 3.19. The van der Waals surface area contributed by atoms with Gasteiger partial charge in [-0.15, -0.1) is 0 Å². The fourth-order valence-corrected chi connectivity index (χ4v) is 3.23. The summed E-state index contributed by atoms with van der Waals surface area (Å²) in [6.07, 6.45) is 2.26. The van der Waals surface area contributed by atoms with E-state index in [9.17, 15) is 9.59 Å². The Bertz CT molecular complexity index is 350. The molecule has 0 amide bonds. The van der Waals surface area contributed by atoms with Gasteiger partial charge in [-0.1, -0.05) is 0 Å². The molecule has 4 fully saturated rings. The van der Waals surface area contributed by atoms with E-state index >= 15 is 0 Å². The number of rotatable bonds is 2. The van der Waals surface area contributed by atoms with E-state index in [4.69, 9.17) is 10.2 Å². The normalized spacial score (nSPS) is 46.4. The number of piperidine rings is 2. The molecule has 6 nitrogen and oxygen atoms in total. The van der Waals surface area contributed by atoms with Gasteiger partial charge in [0.15, 0.2) is 0 Å². The lowest BCUT2D eigenvalue weighted by Crippen LogP contribution is -2.34. The van der Waals surface area contributed by atoms with Crippen molar-refractivity contribution in [2.75, 3.05) is 13.1 Å². The van der Waals surface area contributed by atoms with Gasteiger partial charge in [0.05, 0.1) is 0 Å². The molecule has 2 aliphatic carbocycles. The van der Waals surface area contributed by atoms with Crippen LogP contribution in [0.2, 0.25) is 0 Å². The number of nitrogens with one attached hydrogen (secondary N) is 2. The number of carboxylic acids is 2. The van der Waals surface area contributed by atoms with Gasteiger partial charge < -0.3 is 20.8 Å². The molecular formula is C12H18N2O4. The molecule has 2 saturated carbocycles. The van der Waals surface area contributed by atoms with Crippen molar-refractivity contribution in [1.29, 1.82) is 0 Å². The first kappa shape index (κ1) is 11.9. The number of hydrogen-bond acceptors (Lipinski definition) is 4. The predicted molar refractivity (Wildman–Crippen MR) is 62.0 cm³/mol. The highest BCUT2D eigenvalue weighted by Gasteiger charge is 2.51. The average molecular weight is 254 g/mol. The van der Waals surface area contributed by atoms with E-state index in [1.54, 1.807) is 0 Å². The van der Waals surface area contributed by atoms with Gasteiger partial charge >= 0.3 is 11.9 Å². The third-order valence-electron chi connectivity index (χ3n) is 4.54. The Morgan fingerprint density at radius 2 is 1.22 bits per heavy atom. The lowest BCUT2D eigenvalue weighted by Gasteiger charge is -2.04. The fourth-order valence-electron chi connectivity index (χ4n) is 3.23. The minimum absolute atomic E-state index is 0.227. The molecule has 0 radical (unpaired) electrons. The van der Waals surface area contributed by atoms with Crippen LogP contribution in [0.1, 0.15) is 12.8 Å². The van der Waals surface area contributed by atoms with Crippen LogP contribution in [-0.2, 0) is 9.59 Å². The summed E-state index contributed by atoms with van der Waals surface area (Å²) in [5.74, 6) is 0.933. The van der Waals surface area contributed by atoms with Crippen LogP contribution in [0, 0.1) is 23.7 Å². The van der Waals surface area contributed by atoms with Gasteiger partial charge in [-0.2, -0.15) is 0 Å². The Morgan fingerprint density at radius 3 is 1.33 bits per heavy atom. The van der Waals surface area contributed by atoms with Crippen LogP contribution < -0.4 is 10.6 Å². The second-order valence-corrected chi connectivity index (χ2v) is 5.77. The molecule has 0 spiro atoms. The van der Waals surface area contributed by atoms with Gasteiger partial charge in [0, 0.05) is 0 Å². The number of carboxylic acid groups (broad SMARTS) is 2. The van der Waals surface area contributed by atoms with Crippen LogP contribution >= 0.6 is 0 Å². The van der Waals surface area contributed by atoms with Crippen molar-refractivity contribution in [3.63, 3.8) is 0 Å². The fraction of sp³-hybridized carbons (Fsp3) is 0.833. The van der Waals surface area contributed by atoms with Crippen LogP contribution in [0.3, 0.4) is 0 Å². The monoisotopic (exact) mass is 254 g/mol. The summed E-state index contributed by atoms with van der Waals surface area (Å²) in [6, 6.07) is -0.454. The van der Waals surface area contributed by atoms with Gasteiger partial charge in [0.2, 0.25) is 0 Å². The summed E-state index contributed by atoms with van der Waals surface area (Å²) in [7, 11) is 0. The van der Waals surface area contributed by atoms with E-state index in [1.165, 1.54) is 0 Å². The maximum atomic E-state index is 10.4. The van der Waals surface area contributed by atoms with E-state index in [0.29, 0.717) is 23.7 Å². The quantitative estimate of drug-likeness (QED) is 0.523. The summed E-state index contributed by atoms with van der Waals surface area (Å²) in [4.78, 5) is 20.8. The molecule has 0 aromatic heterocycles. The zero-order valence-electron chi connectivity index (χ0n) is 10.0. The summed E-state index contributed by atoms with van der Waals surface area (Å²) < 4.78 is 0. The van der Waals surface area contributed by atoms with Crippen molar-refractivity contribution in [2.24, 2.45) is 23.7 Å². The third-order valence-corrected chi connectivity index (χ3v) is 4.54. The summed E-state index contributed by atoms with van der Waals surface area (Å²) in [6.45, 7) is 1.84. The molecule has 6 atom stereocenters. The van der Waals surface area contributed by atoms with E-state index in [0.717, 1.165) is 25.9 Å². The lowest BCUT2D eigenvalue weighted by molar-refractivity contribution is -0.140. The van der Waals surface area contributed by atoms with Gasteiger partial charge in [0.1, 0.15) is 12.1 Å². The second kappa shape index (κ2) is 4.20. The van der Waals surface area contributed by atoms with Crippen LogP contribution in [0.25, 0.3) is 0 Å². The molecule has 6 heteroatoms. The van der Waals surface area contributed by atoms with E-state index < -0.39 is 11.9 Å². The molecular weight excluding hydrogens is 236 g/mol. The first-order chi connectivity index (χ1) is 8.58. The first-order valence-corrected chi connectivity index (χ1v) is 6.50. The molecule has 4 N–H and O–H groups in total. The maximum Gasteiger partial charge on any atom is 0.320 e. The summed E-state index contributed by atoms with van der Waals surface area (Å²) in [5, 5.41) is 23.0. The molecule has 0 bridgehead atoms. The molecule has 2 saturated heterocycles. The van der Waals surface area contributed by atoms with Gasteiger partial charge in [0.25, 0.3) is 0 Å². The molecule has 2 heterocycles. The number of carbonyl (C=O) groups is 2. The Balaban J connectivity index is 0.000000111. The largest absolute Gasteiger partial charge is 0.480 e. The zero-order valence-corrected chi connectivity index (χ0v) is 10.0. The Hall–Kier alpha value is -1.14. The van der Waals surface area contributed by atoms with Crippen LogP contribution in [0.4, 0.5) is 0 Å². The molecule has 0 unspecified atom stereocenters. The van der Waals surface area contributed by atoms with Crippen molar-refractivity contribution in [2.45, 2.75) is 24.9 Å². The minimum atomic E-state index is -0.681. The molecule has 18 heavy (non-hydrogen) atoms. The molecule has 0 aromatic rings. The van der Waals surface area contributed by atoms with Gasteiger partial charge in [-0.25, -0.2) is 0 Å². The minimum Gasteiger partial charge on any atom is -0.480 e. The number of fused-ring (bicyclic) bond motifs is 2. The molecule has 0 aromatic carbocycles. The third kappa shape index (κ3) is 2.10. The van der Waals surface area contributed by atoms with Crippen molar-refractivity contribution in [3.8, 4) is 0 Å². The number of hydrogen-bond donors (Lipinski definition) is 4. The topological polar surface area (TPSA) is 98.7 Å². The smallest absolute Gasteiger partial charge is 0.320 e. The van der Waals surface area contributed by atoms with Gasteiger partial charge in [-0.3, -0.25) is 9.59 Å². The van der Waals surface area contributed by atoms with Crippen LogP contribution in [0.15, 0.2) is 0 Å². The lowest BCUT2D eigenvalue weighted by atomic mass is 10.2. The van der Waals surface area contributed by atoms with Crippen LogP contribution in [-0.4, -0.2) is 47.3 Å². The number of aliphatic carboxylic acids is 2. The Morgan fingerprint density at radius 1 is 0.833 bits per heavy atom. The van der Waals surface area contributed by atoms with E-state index in [-0.39, 0.29) is 12.1 Å². The highest BCUT2D eigenvalue weighted by Crippen LogP contribution is 2.45. The van der Waals surface area contributed by atoms with E-state index in [1.807, 2.05) is 0 Å². The highest BCUT2D eigenvalue weighted by atomic mass is 16.4. The molecule has 4 aliphatic rings. The summed E-state index contributed by atoms with van der Waals surface area (Å²) in [5.41, 5.74) is 0. The van der Waals surface area contributed by atoms with Crippen molar-refractivity contribution in [1.82, 2.24) is 10.6 Å². The maximum absolute atomic E-state index is 10.4. The summed E-state index contributed by atoms with van der Waals surface area (Å²) >= 11 is 0. The molecule has 2 aliphatic heterocycles. The Kier molecular flexibility index (Phi) is 2.79. The van der Waals surface area contributed by atoms with Crippen LogP contribution in [0.5, 0.6) is 0 Å². The predicted octanol–water partition coefficient (Wildman–Crippen LogP) is -0.642. The molecule has 100 valence electrons. The van der Waals surface area contributed by atoms with E-state index in [2.05, 4.69) is 10.6 Å². The SMILES string of the molecule is O=C(O)[C@@H]1NC[C@@H]2C[C@@H]21.O=C(O)[C@H]1NC[C@H]2C[C@H]21. The second-order valence-electron chi connectivity index (χ2n) is 5.77. The van der Waals surface area contributed by atoms with Crippen molar-refractivity contribution in [3.05, 3.63) is 0 Å². The molecule has 4 rings (SSSR count). The highest BCUT2D eigenvalue weighted by molar-refractivity contribution is 5.75. The van der Waals surface area contributed by atoms with Gasteiger partial charge in [-0.05, 0) is 49.6 Å². The van der Waals surface area contributed by atoms with Crippen molar-refractivity contribution < 1.29 is 19.8 Å². The zero-order chi connectivity index (χ0) is 12.9. The van der Waals surface area contributed by atoms with Crippen molar-refractivity contribution >= 4 is 11.9 Å². The Labute approximate surface area is 105 Å². The first-order valence-electron chi connectivity index (χ1n) is 6.50. The standard InChI is InChI=1S/2C6H9NO2/c2*8-6(9)5-4-1-3(4)2-7-5/h2*3-5,7H,1-2H2,(H,8,9)/t2*3-,4-,5+/m10/s1.